The lowest BCUT2D eigenvalue weighted by atomic mass is 9.93. The number of nitrogens with one attached hydrogen (secondary N) is 5. The van der Waals surface area contributed by atoms with Crippen molar-refractivity contribution >= 4 is 47.0 Å². The van der Waals surface area contributed by atoms with Crippen LogP contribution in [-0.2, 0) is 25.6 Å². The van der Waals surface area contributed by atoms with Gasteiger partial charge in [-0.1, -0.05) is 82.1 Å². The SMILES string of the molecule is CC[C@H](C)[C@H](NC(=O)[C@H](CC(C)C)NC(=O)[C@H](CCCNC(=N)N)CC(=O)c1nc(C)n(-c2cccc(Cl)c2)n1)C(=O)N[C@@H](Cc1ccccc1)C(=O)O. The maximum absolute atomic E-state index is 13.9. The molecule has 3 aromatic rings. The van der Waals surface area contributed by atoms with Crippen LogP contribution in [-0.4, -0.2) is 80.0 Å². The minimum absolute atomic E-state index is 0.0487. The summed E-state index contributed by atoms with van der Waals surface area (Å²) in [5, 5.41) is 33.1. The van der Waals surface area contributed by atoms with Crippen LogP contribution < -0.4 is 27.0 Å². The molecular weight excluding hydrogens is 714 g/mol. The lowest BCUT2D eigenvalue weighted by Crippen LogP contribution is -2.58. The maximum atomic E-state index is 13.9. The van der Waals surface area contributed by atoms with Gasteiger partial charge in [-0.2, -0.15) is 0 Å². The van der Waals surface area contributed by atoms with Crippen LogP contribution in [0.25, 0.3) is 5.69 Å². The zero-order chi connectivity index (χ0) is 39.9. The summed E-state index contributed by atoms with van der Waals surface area (Å²) in [5.74, 6) is -4.75. The number of nitrogens with zero attached hydrogens (tertiary/aromatic N) is 3. The molecule has 16 heteroatoms. The predicted octanol–water partition coefficient (Wildman–Crippen LogP) is 3.56. The third kappa shape index (κ3) is 13.3. The largest absolute Gasteiger partial charge is 0.480 e. The molecule has 3 rings (SSSR count). The maximum Gasteiger partial charge on any atom is 0.326 e. The first kappa shape index (κ1) is 43.1. The number of carbonyl (C=O) groups excluding carboxylic acids is 4. The van der Waals surface area contributed by atoms with Crippen molar-refractivity contribution in [3.63, 3.8) is 0 Å². The second kappa shape index (κ2) is 20.8. The number of hydrogen-bond donors (Lipinski definition) is 7. The first-order chi connectivity index (χ1) is 25.6. The zero-order valence-electron chi connectivity index (χ0n) is 31.4. The van der Waals surface area contributed by atoms with Crippen molar-refractivity contribution in [2.24, 2.45) is 23.5 Å². The zero-order valence-corrected chi connectivity index (χ0v) is 32.2. The summed E-state index contributed by atoms with van der Waals surface area (Å²) >= 11 is 6.15. The Morgan fingerprint density at radius 3 is 2.24 bits per heavy atom. The van der Waals surface area contributed by atoms with Gasteiger partial charge >= 0.3 is 5.97 Å². The van der Waals surface area contributed by atoms with E-state index >= 15 is 0 Å². The topological polar surface area (TPSA) is 234 Å². The molecule has 0 radical (unpaired) electrons. The fraction of sp³-hybridized carbons (Fsp3) is 0.474. The number of ketones is 1. The van der Waals surface area contributed by atoms with E-state index in [9.17, 15) is 29.1 Å². The van der Waals surface area contributed by atoms with Crippen LogP contribution in [0.3, 0.4) is 0 Å². The van der Waals surface area contributed by atoms with Crippen LogP contribution in [0.15, 0.2) is 54.6 Å². The molecule has 0 unspecified atom stereocenters. The molecule has 8 N–H and O–H groups in total. The highest BCUT2D eigenvalue weighted by atomic mass is 35.5. The first-order valence-corrected chi connectivity index (χ1v) is 18.5. The number of nitrogens with two attached hydrogens (primary N) is 1. The third-order valence-electron chi connectivity index (χ3n) is 8.95. The lowest BCUT2D eigenvalue weighted by molar-refractivity contribution is -0.142. The van der Waals surface area contributed by atoms with Crippen molar-refractivity contribution in [1.82, 2.24) is 36.0 Å². The summed E-state index contributed by atoms with van der Waals surface area (Å²) in [6, 6.07) is 12.4. The number of benzene rings is 2. The molecule has 5 atom stereocenters. The standard InChI is InChI=1S/C38H52ClN9O6/c1-6-23(4)32(36(52)45-30(37(53)54)19-25-12-8-7-9-13-25)46-35(51)29(18-22(2)3)44-34(50)26(14-11-17-42-38(40)41)20-31(49)33-43-24(5)48(47-33)28-16-10-15-27(39)21-28/h7-10,12-13,15-16,21-23,26,29-30,32H,6,11,14,17-20H2,1-5H3,(H,44,50)(H,45,52)(H,46,51)(H,53,54)(H4,40,41,42)/t23-,26+,29-,30-,32-/m0/s1. The van der Waals surface area contributed by atoms with Crippen molar-refractivity contribution < 1.29 is 29.1 Å². The summed E-state index contributed by atoms with van der Waals surface area (Å²) < 4.78 is 1.48. The van der Waals surface area contributed by atoms with E-state index in [1.165, 1.54) is 4.68 Å². The van der Waals surface area contributed by atoms with Gasteiger partial charge in [-0.05, 0) is 61.8 Å². The minimum atomic E-state index is -1.24. The fourth-order valence-electron chi connectivity index (χ4n) is 5.83. The second-order valence-electron chi connectivity index (χ2n) is 13.8. The highest BCUT2D eigenvalue weighted by Crippen LogP contribution is 2.20. The average molecular weight is 766 g/mol. The number of rotatable bonds is 21. The van der Waals surface area contributed by atoms with Crippen LogP contribution in [0.5, 0.6) is 0 Å². The van der Waals surface area contributed by atoms with Crippen LogP contribution in [0, 0.1) is 30.1 Å². The Morgan fingerprint density at radius 2 is 1.63 bits per heavy atom. The number of aryl methyl sites for hydroxylation is 1. The number of hydrogen-bond acceptors (Lipinski definition) is 8. The molecule has 3 amide bonds. The molecule has 15 nitrogen and oxygen atoms in total. The number of aromatic nitrogens is 3. The normalized spacial score (nSPS) is 13.9. The minimum Gasteiger partial charge on any atom is -0.480 e. The molecule has 1 aromatic heterocycles. The Hall–Kier alpha value is -5.31. The van der Waals surface area contributed by atoms with Gasteiger partial charge in [-0.25, -0.2) is 14.5 Å². The van der Waals surface area contributed by atoms with E-state index in [1.54, 1.807) is 68.4 Å². The molecule has 0 saturated heterocycles. The number of aliphatic carboxylic acids is 1. The first-order valence-electron chi connectivity index (χ1n) is 18.1. The van der Waals surface area contributed by atoms with Gasteiger partial charge < -0.3 is 32.1 Å². The summed E-state index contributed by atoms with van der Waals surface area (Å²) in [4.78, 5) is 71.4. The van der Waals surface area contributed by atoms with Crippen LogP contribution in [0.4, 0.5) is 0 Å². The van der Waals surface area contributed by atoms with Gasteiger partial charge in [-0.3, -0.25) is 24.6 Å². The summed E-state index contributed by atoms with van der Waals surface area (Å²) in [6.45, 7) is 9.34. The molecule has 292 valence electrons. The van der Waals surface area contributed by atoms with E-state index in [4.69, 9.17) is 22.7 Å². The van der Waals surface area contributed by atoms with Crippen molar-refractivity contribution in [3.8, 4) is 5.69 Å². The summed E-state index contributed by atoms with van der Waals surface area (Å²) in [5.41, 5.74) is 6.75. The van der Waals surface area contributed by atoms with Crippen molar-refractivity contribution in [1.29, 1.82) is 5.41 Å². The van der Waals surface area contributed by atoms with Gasteiger partial charge in [0.15, 0.2) is 5.96 Å². The Bertz CT molecular complexity index is 1770. The quantitative estimate of drug-likeness (QED) is 0.0361. The second-order valence-corrected chi connectivity index (χ2v) is 14.3. The molecular formula is C38H52ClN9O6. The molecule has 54 heavy (non-hydrogen) atoms. The van der Waals surface area contributed by atoms with Gasteiger partial charge in [0.2, 0.25) is 29.3 Å². The monoisotopic (exact) mass is 765 g/mol. The molecule has 2 aromatic carbocycles. The average Bonchev–Trinajstić information content (AvgIpc) is 3.52. The molecule has 0 aliphatic rings. The molecule has 0 saturated carbocycles. The highest BCUT2D eigenvalue weighted by molar-refractivity contribution is 6.30. The Labute approximate surface area is 320 Å². The van der Waals surface area contributed by atoms with Crippen molar-refractivity contribution in [2.45, 2.75) is 91.3 Å². The van der Waals surface area contributed by atoms with Crippen molar-refractivity contribution in [3.05, 3.63) is 76.8 Å². The highest BCUT2D eigenvalue weighted by Gasteiger charge is 2.34. The molecule has 0 spiro atoms. The summed E-state index contributed by atoms with van der Waals surface area (Å²) in [6.07, 6.45) is 1.08. The number of Topliss-reactive ketones (excluding diaryl/α,β-unsaturated/α-hetero) is 1. The molecule has 0 aliphatic heterocycles. The van der Waals surface area contributed by atoms with Gasteiger partial charge in [0.25, 0.3) is 0 Å². The van der Waals surface area contributed by atoms with E-state index in [2.05, 4.69) is 31.3 Å². The number of guanidine groups is 1. The molecule has 0 bridgehead atoms. The van der Waals surface area contributed by atoms with E-state index in [0.29, 0.717) is 29.4 Å². The van der Waals surface area contributed by atoms with Crippen LogP contribution >= 0.6 is 11.6 Å². The number of carboxylic acids is 1. The Kier molecular flexibility index (Phi) is 16.6. The smallest absolute Gasteiger partial charge is 0.326 e. The molecule has 0 fully saturated rings. The summed E-state index contributed by atoms with van der Waals surface area (Å²) in [7, 11) is 0. The fourth-order valence-corrected chi connectivity index (χ4v) is 6.02. The number of carboxylic acid groups (broad SMARTS) is 1. The van der Waals surface area contributed by atoms with Gasteiger partial charge in [0.05, 0.1) is 5.69 Å². The van der Waals surface area contributed by atoms with E-state index in [0.717, 1.165) is 5.56 Å². The number of carbonyl (C=O) groups is 5. The Balaban J connectivity index is 1.81. The van der Waals surface area contributed by atoms with Gasteiger partial charge in [-0.15, -0.1) is 5.10 Å². The molecule has 1 heterocycles. The van der Waals surface area contributed by atoms with Gasteiger partial charge in [0, 0.05) is 30.3 Å². The van der Waals surface area contributed by atoms with Gasteiger partial charge in [0.1, 0.15) is 23.9 Å². The van der Waals surface area contributed by atoms with E-state index in [-0.39, 0.29) is 55.8 Å². The number of amides is 3. The van der Waals surface area contributed by atoms with Crippen molar-refractivity contribution in [2.75, 3.05) is 6.54 Å². The Morgan fingerprint density at radius 1 is 0.944 bits per heavy atom. The third-order valence-corrected chi connectivity index (χ3v) is 9.18. The van der Waals surface area contributed by atoms with Crippen LogP contribution in [0.1, 0.15) is 81.8 Å². The van der Waals surface area contributed by atoms with Crippen LogP contribution in [0.2, 0.25) is 5.02 Å². The van der Waals surface area contributed by atoms with E-state index in [1.807, 2.05) is 20.8 Å². The molecule has 0 aliphatic carbocycles. The number of halogens is 1. The van der Waals surface area contributed by atoms with E-state index < -0.39 is 53.5 Å². The lowest BCUT2D eigenvalue weighted by Gasteiger charge is -2.29. The predicted molar refractivity (Wildman–Crippen MR) is 205 cm³/mol.